The molecule has 11 aromatic rings. The molecule has 3 heterocycles. The van der Waals surface area contributed by atoms with Crippen LogP contribution in [0.5, 0.6) is 0 Å². The number of anilines is 3. The maximum Gasteiger partial charge on any atom is 0.220 e. The third kappa shape index (κ3) is 3.83. The molecule has 228 valence electrons. The van der Waals surface area contributed by atoms with E-state index in [1.807, 2.05) is 0 Å². The van der Waals surface area contributed by atoms with Crippen molar-refractivity contribution in [1.29, 1.82) is 0 Å². The van der Waals surface area contributed by atoms with Crippen LogP contribution in [0.4, 0.5) is 17.1 Å². The fraction of sp³-hybridized carbons (Fsp3) is 0. The van der Waals surface area contributed by atoms with Gasteiger partial charge in [0.1, 0.15) is 0 Å². The van der Waals surface area contributed by atoms with Crippen molar-refractivity contribution in [3.63, 3.8) is 0 Å². The molecule has 4 heteroatoms. The molecule has 4 nitrogen and oxygen atoms in total. The molecule has 0 radical (unpaired) electrons. The highest BCUT2D eigenvalue weighted by Gasteiger charge is 2.23. The maximum atomic E-state index is 5.30. The van der Waals surface area contributed by atoms with Gasteiger partial charge in [0.25, 0.3) is 0 Å². The Kier molecular flexibility index (Phi) is 5.35. The van der Waals surface area contributed by atoms with Crippen LogP contribution >= 0.6 is 0 Å². The van der Waals surface area contributed by atoms with Crippen LogP contribution in [0.25, 0.3) is 76.8 Å². The first-order chi connectivity index (χ1) is 24.3. The summed E-state index contributed by atoms with van der Waals surface area (Å²) in [6.07, 6.45) is 0. The van der Waals surface area contributed by atoms with Crippen molar-refractivity contribution in [2.45, 2.75) is 0 Å². The third-order valence-electron chi connectivity index (χ3n) is 10.1. The molecule has 0 bridgehead atoms. The molecule has 11 rings (SSSR count). The first kappa shape index (κ1) is 26.4. The Morgan fingerprint density at radius 2 is 0.939 bits per heavy atom. The van der Waals surface area contributed by atoms with Crippen LogP contribution < -0.4 is 4.90 Å². The summed E-state index contributed by atoms with van der Waals surface area (Å²) < 4.78 is 4.74. The molecule has 0 N–H and O–H groups in total. The number of imidazole rings is 2. The van der Waals surface area contributed by atoms with E-state index in [1.165, 1.54) is 60.0 Å². The molecule has 8 aromatic carbocycles. The molecule has 0 amide bonds. The van der Waals surface area contributed by atoms with Crippen LogP contribution in [0, 0.1) is 0 Å². The molecule has 0 aliphatic rings. The molecule has 0 fully saturated rings. The zero-order chi connectivity index (χ0) is 32.1. The number of benzene rings is 8. The summed E-state index contributed by atoms with van der Waals surface area (Å²) >= 11 is 0. The van der Waals surface area contributed by atoms with Crippen molar-refractivity contribution in [3.8, 4) is 11.1 Å². The molecule has 3 aromatic heterocycles. The Bertz CT molecular complexity index is 2990. The van der Waals surface area contributed by atoms with Crippen molar-refractivity contribution in [2.24, 2.45) is 0 Å². The first-order valence-corrected chi connectivity index (χ1v) is 16.7. The highest BCUT2D eigenvalue weighted by atomic mass is 15.2. The largest absolute Gasteiger partial charge is 0.311 e. The van der Waals surface area contributed by atoms with Crippen LogP contribution in [0.15, 0.2) is 170 Å². The van der Waals surface area contributed by atoms with Gasteiger partial charge in [-0.15, -0.1) is 0 Å². The minimum Gasteiger partial charge on any atom is -0.311 e. The molecule has 49 heavy (non-hydrogen) atoms. The zero-order valence-electron chi connectivity index (χ0n) is 26.5. The highest BCUT2D eigenvalue weighted by Crippen LogP contribution is 2.42. The van der Waals surface area contributed by atoms with Crippen LogP contribution in [0.3, 0.4) is 0 Å². The van der Waals surface area contributed by atoms with Crippen LogP contribution in [-0.4, -0.2) is 13.8 Å². The van der Waals surface area contributed by atoms with Crippen molar-refractivity contribution in [3.05, 3.63) is 170 Å². The van der Waals surface area contributed by atoms with Gasteiger partial charge >= 0.3 is 0 Å². The van der Waals surface area contributed by atoms with Gasteiger partial charge < -0.3 is 4.90 Å². The van der Waals surface area contributed by atoms with Crippen molar-refractivity contribution >= 4 is 82.7 Å². The van der Waals surface area contributed by atoms with Crippen molar-refractivity contribution in [1.82, 2.24) is 13.8 Å². The lowest BCUT2D eigenvalue weighted by atomic mass is 10.00. The highest BCUT2D eigenvalue weighted by molar-refractivity contribution is 6.20. The van der Waals surface area contributed by atoms with Crippen molar-refractivity contribution < 1.29 is 0 Å². The second-order valence-electron chi connectivity index (χ2n) is 12.9. The molecular weight excluding hydrogens is 597 g/mol. The summed E-state index contributed by atoms with van der Waals surface area (Å²) in [5.41, 5.74) is 11.4. The van der Waals surface area contributed by atoms with Gasteiger partial charge in [-0.2, -0.15) is 0 Å². The Hall–Kier alpha value is -6.65. The Morgan fingerprint density at radius 3 is 1.59 bits per heavy atom. The van der Waals surface area contributed by atoms with Gasteiger partial charge in [0.15, 0.2) is 0 Å². The molecule has 0 atom stereocenters. The standard InChI is InChI=1S/C45H28N4/c1-3-15-35(16-4-1)47(36-17-5-2-6-18-36)37-21-19-29(20-22-37)34-24-39-38-23-30-11-7-9-13-32(30)26-41(38)49-44(39)43(28-34)48-42-27-33-14-10-8-12-31(33)25-40(42)46-45(48)49/h1-28H. The maximum absolute atomic E-state index is 5.30. The normalized spacial score (nSPS) is 12.1. The number of hydrogen-bond donors (Lipinski definition) is 0. The lowest BCUT2D eigenvalue weighted by Crippen LogP contribution is -2.09. The fourth-order valence-corrected chi connectivity index (χ4v) is 7.90. The number of hydrogen-bond acceptors (Lipinski definition) is 2. The van der Waals surface area contributed by atoms with E-state index in [-0.39, 0.29) is 0 Å². The molecule has 0 spiro atoms. The SMILES string of the molecule is c1ccc(N(c2ccccc2)c2ccc(-c3cc4c5cc6ccccc6cc5n5c4c(c3)n3c4cc6ccccc6cc4nc35)cc2)cc1. The second kappa shape index (κ2) is 9.93. The second-order valence-corrected chi connectivity index (χ2v) is 12.9. The van der Waals surface area contributed by atoms with E-state index in [0.29, 0.717) is 0 Å². The number of nitrogens with zero attached hydrogens (tertiary/aromatic N) is 4. The van der Waals surface area contributed by atoms with E-state index in [9.17, 15) is 0 Å². The molecule has 0 saturated carbocycles. The van der Waals surface area contributed by atoms with Gasteiger partial charge in [-0.1, -0.05) is 97.1 Å². The summed E-state index contributed by atoms with van der Waals surface area (Å²) in [6.45, 7) is 0. The fourth-order valence-electron chi connectivity index (χ4n) is 7.90. The molecule has 0 aliphatic heterocycles. The number of aromatic nitrogens is 3. The predicted molar refractivity (Wildman–Crippen MR) is 205 cm³/mol. The van der Waals surface area contributed by atoms with Gasteiger partial charge in [0, 0.05) is 27.8 Å². The quantitative estimate of drug-likeness (QED) is 0.195. The predicted octanol–water partition coefficient (Wildman–Crippen LogP) is 11.9. The third-order valence-corrected chi connectivity index (χ3v) is 10.1. The van der Waals surface area contributed by atoms with Gasteiger partial charge in [-0.3, -0.25) is 8.80 Å². The monoisotopic (exact) mass is 624 g/mol. The Morgan fingerprint density at radius 1 is 0.388 bits per heavy atom. The van der Waals surface area contributed by atoms with Crippen LogP contribution in [0.2, 0.25) is 0 Å². The molecular formula is C45H28N4. The minimum absolute atomic E-state index is 0.949. The van der Waals surface area contributed by atoms with E-state index >= 15 is 0 Å². The lowest BCUT2D eigenvalue weighted by Gasteiger charge is -2.25. The first-order valence-electron chi connectivity index (χ1n) is 16.7. The van der Waals surface area contributed by atoms with Gasteiger partial charge in [-0.25, -0.2) is 4.98 Å². The summed E-state index contributed by atoms with van der Waals surface area (Å²) in [4.78, 5) is 7.60. The average Bonchev–Trinajstić information content (AvgIpc) is 3.79. The van der Waals surface area contributed by atoms with E-state index < -0.39 is 0 Å². The summed E-state index contributed by atoms with van der Waals surface area (Å²) in [5, 5.41) is 7.38. The van der Waals surface area contributed by atoms with Crippen LogP contribution in [0.1, 0.15) is 0 Å². The smallest absolute Gasteiger partial charge is 0.220 e. The number of para-hydroxylation sites is 2. The topological polar surface area (TPSA) is 25.0 Å². The summed E-state index contributed by atoms with van der Waals surface area (Å²) in [5.74, 6) is 0.949. The van der Waals surface area contributed by atoms with Crippen molar-refractivity contribution in [2.75, 3.05) is 4.90 Å². The Labute approximate surface area is 281 Å². The summed E-state index contributed by atoms with van der Waals surface area (Å²) in [7, 11) is 0. The van der Waals surface area contributed by atoms with E-state index in [4.69, 9.17) is 4.98 Å². The lowest BCUT2D eigenvalue weighted by molar-refractivity contribution is 1.22. The van der Waals surface area contributed by atoms with E-state index in [0.717, 1.165) is 33.9 Å². The van der Waals surface area contributed by atoms with E-state index in [1.54, 1.807) is 0 Å². The average molecular weight is 625 g/mol. The van der Waals surface area contributed by atoms with Gasteiger partial charge in [0.05, 0.1) is 27.6 Å². The number of fused-ring (bicyclic) bond motifs is 10. The Balaban J connectivity index is 1.18. The van der Waals surface area contributed by atoms with Gasteiger partial charge in [0.2, 0.25) is 5.78 Å². The minimum atomic E-state index is 0.949. The molecule has 0 aliphatic carbocycles. The summed E-state index contributed by atoms with van der Waals surface area (Å²) in [6, 6.07) is 61.2. The number of rotatable bonds is 4. The molecule has 0 saturated heterocycles. The van der Waals surface area contributed by atoms with E-state index in [2.05, 4.69) is 184 Å². The zero-order valence-corrected chi connectivity index (χ0v) is 26.5. The van der Waals surface area contributed by atoms with Gasteiger partial charge in [-0.05, 0) is 105 Å². The van der Waals surface area contributed by atoms with Crippen LogP contribution in [-0.2, 0) is 0 Å². The molecule has 0 unspecified atom stereocenters.